The van der Waals surface area contributed by atoms with Crippen molar-refractivity contribution in [1.29, 1.82) is 0 Å². The molecular weight excluding hydrogens is 246 g/mol. The van der Waals surface area contributed by atoms with E-state index in [-0.39, 0.29) is 0 Å². The molecule has 3 nitrogen and oxygen atoms in total. The summed E-state index contributed by atoms with van der Waals surface area (Å²) in [5.41, 5.74) is 1.43. The van der Waals surface area contributed by atoms with Crippen LogP contribution in [0.2, 0.25) is 0 Å². The summed E-state index contributed by atoms with van der Waals surface area (Å²) >= 11 is 0. The summed E-state index contributed by atoms with van der Waals surface area (Å²) in [6.07, 6.45) is 3.88. The zero-order valence-corrected chi connectivity index (χ0v) is 13.0. The fourth-order valence-corrected chi connectivity index (χ4v) is 2.91. The van der Waals surface area contributed by atoms with Crippen molar-refractivity contribution in [2.45, 2.75) is 31.8 Å². The molecule has 0 aromatic heterocycles. The quantitative estimate of drug-likeness (QED) is 0.770. The molecule has 2 rings (SSSR count). The van der Waals surface area contributed by atoms with Gasteiger partial charge in [-0.05, 0) is 58.6 Å². The fourth-order valence-electron chi connectivity index (χ4n) is 2.91. The first-order valence-electron chi connectivity index (χ1n) is 7.88. The Hall–Kier alpha value is -0.900. The molecule has 0 amide bonds. The van der Waals surface area contributed by atoms with Crippen LogP contribution in [-0.2, 0) is 6.54 Å². The second-order valence-electron chi connectivity index (χ2n) is 6.17. The first kappa shape index (κ1) is 15.5. The van der Waals surface area contributed by atoms with Crippen LogP contribution in [0.4, 0.5) is 0 Å². The normalized spacial score (nSPS) is 20.4. The monoisotopic (exact) mass is 275 g/mol. The summed E-state index contributed by atoms with van der Waals surface area (Å²) in [5, 5.41) is 3.72. The van der Waals surface area contributed by atoms with E-state index in [0.29, 0.717) is 6.04 Å². The standard InChI is InChI=1S/C17H29N3/c1-19(2)12-7-11-18-17-10-6-13-20(15-17)14-16-8-4-3-5-9-16/h3-5,8-9,17-18H,6-7,10-15H2,1-2H3. The van der Waals surface area contributed by atoms with E-state index >= 15 is 0 Å². The number of hydrogen-bond donors (Lipinski definition) is 1. The fraction of sp³-hybridized carbons (Fsp3) is 0.647. The van der Waals surface area contributed by atoms with Gasteiger partial charge in [0.2, 0.25) is 0 Å². The maximum absolute atomic E-state index is 3.72. The molecule has 1 N–H and O–H groups in total. The Kier molecular flexibility index (Phi) is 6.51. The summed E-state index contributed by atoms with van der Waals surface area (Å²) in [6.45, 7) is 5.84. The van der Waals surface area contributed by atoms with E-state index in [1.54, 1.807) is 0 Å². The SMILES string of the molecule is CN(C)CCCNC1CCCN(Cc2ccccc2)C1. The predicted octanol–water partition coefficient (Wildman–Crippen LogP) is 2.19. The Morgan fingerprint density at radius 2 is 2.05 bits per heavy atom. The lowest BCUT2D eigenvalue weighted by molar-refractivity contribution is 0.182. The van der Waals surface area contributed by atoms with Gasteiger partial charge in [0, 0.05) is 19.1 Å². The van der Waals surface area contributed by atoms with Gasteiger partial charge in [0.05, 0.1) is 0 Å². The van der Waals surface area contributed by atoms with Crippen LogP contribution in [0.3, 0.4) is 0 Å². The van der Waals surface area contributed by atoms with Crippen molar-refractivity contribution in [2.24, 2.45) is 0 Å². The van der Waals surface area contributed by atoms with Gasteiger partial charge in [-0.3, -0.25) is 4.90 Å². The van der Waals surface area contributed by atoms with E-state index in [4.69, 9.17) is 0 Å². The van der Waals surface area contributed by atoms with Crippen molar-refractivity contribution in [3.63, 3.8) is 0 Å². The van der Waals surface area contributed by atoms with Crippen molar-refractivity contribution in [3.8, 4) is 0 Å². The van der Waals surface area contributed by atoms with Gasteiger partial charge in [-0.25, -0.2) is 0 Å². The molecule has 0 spiro atoms. The molecule has 0 bridgehead atoms. The molecule has 0 saturated carbocycles. The molecule has 1 aromatic carbocycles. The molecular formula is C17H29N3. The van der Waals surface area contributed by atoms with E-state index in [2.05, 4.69) is 59.5 Å². The molecule has 1 atom stereocenters. The van der Waals surface area contributed by atoms with Gasteiger partial charge in [0.25, 0.3) is 0 Å². The molecule has 1 unspecified atom stereocenters. The van der Waals surface area contributed by atoms with Gasteiger partial charge in [0.1, 0.15) is 0 Å². The number of rotatable bonds is 7. The molecule has 1 aliphatic rings. The van der Waals surface area contributed by atoms with Gasteiger partial charge in [0.15, 0.2) is 0 Å². The molecule has 1 aromatic rings. The van der Waals surface area contributed by atoms with Crippen molar-refractivity contribution in [1.82, 2.24) is 15.1 Å². The summed E-state index contributed by atoms with van der Waals surface area (Å²) in [7, 11) is 4.28. The van der Waals surface area contributed by atoms with Crippen LogP contribution in [0.15, 0.2) is 30.3 Å². The highest BCUT2D eigenvalue weighted by Gasteiger charge is 2.19. The number of nitrogens with zero attached hydrogens (tertiary/aromatic N) is 2. The van der Waals surface area contributed by atoms with Crippen molar-refractivity contribution < 1.29 is 0 Å². The highest BCUT2D eigenvalue weighted by atomic mass is 15.2. The second kappa shape index (κ2) is 8.40. The van der Waals surface area contributed by atoms with E-state index in [1.807, 2.05) is 0 Å². The molecule has 1 aliphatic heterocycles. The van der Waals surface area contributed by atoms with E-state index in [9.17, 15) is 0 Å². The molecule has 112 valence electrons. The molecule has 1 saturated heterocycles. The molecule has 20 heavy (non-hydrogen) atoms. The van der Waals surface area contributed by atoms with Gasteiger partial charge in [-0.2, -0.15) is 0 Å². The number of nitrogens with one attached hydrogen (secondary N) is 1. The van der Waals surface area contributed by atoms with Crippen LogP contribution in [0.25, 0.3) is 0 Å². The average molecular weight is 275 g/mol. The van der Waals surface area contributed by atoms with Crippen LogP contribution < -0.4 is 5.32 Å². The van der Waals surface area contributed by atoms with Crippen LogP contribution >= 0.6 is 0 Å². The zero-order chi connectivity index (χ0) is 14.2. The smallest absolute Gasteiger partial charge is 0.0234 e. The maximum Gasteiger partial charge on any atom is 0.0234 e. The third kappa shape index (κ3) is 5.61. The Labute approximate surface area is 124 Å². The molecule has 1 fully saturated rings. The van der Waals surface area contributed by atoms with Crippen LogP contribution in [0, 0.1) is 0 Å². The first-order valence-corrected chi connectivity index (χ1v) is 7.88. The minimum Gasteiger partial charge on any atom is -0.313 e. The number of benzene rings is 1. The van der Waals surface area contributed by atoms with Crippen LogP contribution in [0.1, 0.15) is 24.8 Å². The summed E-state index contributed by atoms with van der Waals surface area (Å²) in [5.74, 6) is 0. The lowest BCUT2D eigenvalue weighted by atomic mass is 10.0. The van der Waals surface area contributed by atoms with Crippen LogP contribution in [-0.4, -0.2) is 56.1 Å². The van der Waals surface area contributed by atoms with Gasteiger partial charge in [-0.15, -0.1) is 0 Å². The Morgan fingerprint density at radius 3 is 2.80 bits per heavy atom. The Bertz CT molecular complexity index is 364. The van der Waals surface area contributed by atoms with E-state index in [1.165, 1.54) is 44.5 Å². The highest BCUT2D eigenvalue weighted by Crippen LogP contribution is 2.13. The number of likely N-dealkylation sites (tertiary alicyclic amines) is 1. The average Bonchev–Trinajstić information content (AvgIpc) is 2.45. The molecule has 0 aliphatic carbocycles. The van der Waals surface area contributed by atoms with Gasteiger partial charge in [-0.1, -0.05) is 30.3 Å². The molecule has 1 heterocycles. The summed E-state index contributed by atoms with van der Waals surface area (Å²) in [6, 6.07) is 11.5. The minimum atomic E-state index is 0.676. The topological polar surface area (TPSA) is 18.5 Å². The summed E-state index contributed by atoms with van der Waals surface area (Å²) < 4.78 is 0. The maximum atomic E-state index is 3.72. The number of hydrogen-bond acceptors (Lipinski definition) is 3. The minimum absolute atomic E-state index is 0.676. The number of piperidine rings is 1. The lowest BCUT2D eigenvalue weighted by Gasteiger charge is -2.33. The summed E-state index contributed by atoms with van der Waals surface area (Å²) in [4.78, 5) is 4.84. The Balaban J connectivity index is 1.69. The van der Waals surface area contributed by atoms with Crippen molar-refractivity contribution >= 4 is 0 Å². The first-order chi connectivity index (χ1) is 9.74. The molecule has 0 radical (unpaired) electrons. The lowest BCUT2D eigenvalue weighted by Crippen LogP contribution is -2.45. The van der Waals surface area contributed by atoms with E-state index < -0.39 is 0 Å². The Morgan fingerprint density at radius 1 is 1.25 bits per heavy atom. The zero-order valence-electron chi connectivity index (χ0n) is 13.0. The van der Waals surface area contributed by atoms with Crippen LogP contribution in [0.5, 0.6) is 0 Å². The molecule has 3 heteroatoms. The largest absolute Gasteiger partial charge is 0.313 e. The van der Waals surface area contributed by atoms with Gasteiger partial charge < -0.3 is 10.2 Å². The second-order valence-corrected chi connectivity index (χ2v) is 6.17. The van der Waals surface area contributed by atoms with Crippen molar-refractivity contribution in [3.05, 3.63) is 35.9 Å². The predicted molar refractivity (Wildman–Crippen MR) is 85.9 cm³/mol. The van der Waals surface area contributed by atoms with Gasteiger partial charge >= 0.3 is 0 Å². The van der Waals surface area contributed by atoms with E-state index in [0.717, 1.165) is 13.1 Å². The third-order valence-corrected chi connectivity index (χ3v) is 3.97. The van der Waals surface area contributed by atoms with Crippen molar-refractivity contribution in [2.75, 3.05) is 40.3 Å². The highest BCUT2D eigenvalue weighted by molar-refractivity contribution is 5.14. The third-order valence-electron chi connectivity index (χ3n) is 3.97.